The van der Waals surface area contributed by atoms with E-state index in [-0.39, 0.29) is 29.6 Å². The van der Waals surface area contributed by atoms with Crippen molar-refractivity contribution in [2.75, 3.05) is 17.3 Å². The molecule has 28 heavy (non-hydrogen) atoms. The molecule has 1 fully saturated rings. The summed E-state index contributed by atoms with van der Waals surface area (Å²) >= 11 is 0. The molecule has 0 radical (unpaired) electrons. The Labute approximate surface area is 160 Å². The second kappa shape index (κ2) is 7.39. The van der Waals surface area contributed by atoms with Gasteiger partial charge in [0, 0.05) is 24.2 Å². The van der Waals surface area contributed by atoms with E-state index in [1.807, 2.05) is 23.1 Å². The maximum atomic E-state index is 11.5. The fourth-order valence-corrected chi connectivity index (χ4v) is 3.58. The average molecular weight is 383 g/mol. The molecule has 1 aromatic carbocycles. The number of aromatic nitrogens is 4. The van der Waals surface area contributed by atoms with E-state index in [2.05, 4.69) is 25.5 Å². The lowest BCUT2D eigenvalue weighted by atomic mass is 9.92. The highest BCUT2D eigenvalue weighted by Gasteiger charge is 2.28. The molecule has 146 valence electrons. The molecular formula is C18H21N7O3. The minimum atomic E-state index is -0.468. The van der Waals surface area contributed by atoms with Crippen molar-refractivity contribution in [1.29, 1.82) is 0 Å². The van der Waals surface area contributed by atoms with Gasteiger partial charge in [-0.05, 0) is 43.9 Å². The van der Waals surface area contributed by atoms with Crippen LogP contribution in [0.2, 0.25) is 0 Å². The van der Waals surface area contributed by atoms with E-state index in [4.69, 9.17) is 0 Å². The van der Waals surface area contributed by atoms with E-state index in [0.29, 0.717) is 12.8 Å². The first kappa shape index (κ1) is 18.1. The SMILES string of the molecule is CN(c1nc(Nc2ccc3cn[nH]c3c2)ncc1[N+](=O)[O-])[C@H]1CC[C@H](O)CC1. The molecule has 1 aliphatic carbocycles. The van der Waals surface area contributed by atoms with Gasteiger partial charge in [0.25, 0.3) is 0 Å². The Hall–Kier alpha value is -3.27. The predicted molar refractivity (Wildman–Crippen MR) is 105 cm³/mol. The molecule has 0 saturated heterocycles. The van der Waals surface area contributed by atoms with Crippen LogP contribution in [0.25, 0.3) is 10.9 Å². The summed E-state index contributed by atoms with van der Waals surface area (Å²) in [6.07, 6.45) is 5.56. The topological polar surface area (TPSA) is 133 Å². The third-order valence-electron chi connectivity index (χ3n) is 5.19. The molecule has 1 aliphatic rings. The van der Waals surface area contributed by atoms with E-state index in [1.165, 1.54) is 6.20 Å². The molecule has 0 amide bonds. The van der Waals surface area contributed by atoms with Gasteiger partial charge in [0.2, 0.25) is 11.8 Å². The van der Waals surface area contributed by atoms with Crippen LogP contribution in [-0.4, -0.2) is 49.4 Å². The van der Waals surface area contributed by atoms with Crippen molar-refractivity contribution in [3.05, 3.63) is 40.7 Å². The summed E-state index contributed by atoms with van der Waals surface area (Å²) in [6, 6.07) is 5.74. The minimum Gasteiger partial charge on any atom is -0.393 e. The van der Waals surface area contributed by atoms with Gasteiger partial charge in [-0.1, -0.05) is 0 Å². The second-order valence-electron chi connectivity index (χ2n) is 7.03. The molecule has 1 saturated carbocycles. The summed E-state index contributed by atoms with van der Waals surface area (Å²) in [5.74, 6) is 0.550. The lowest BCUT2D eigenvalue weighted by molar-refractivity contribution is -0.384. The fourth-order valence-electron chi connectivity index (χ4n) is 3.58. The first-order valence-electron chi connectivity index (χ1n) is 9.14. The molecule has 2 aromatic heterocycles. The normalized spacial score (nSPS) is 19.5. The summed E-state index contributed by atoms with van der Waals surface area (Å²) in [4.78, 5) is 21.4. The van der Waals surface area contributed by atoms with Crippen molar-refractivity contribution in [2.24, 2.45) is 0 Å². The van der Waals surface area contributed by atoms with Gasteiger partial charge in [0.1, 0.15) is 6.20 Å². The number of aliphatic hydroxyl groups is 1. The quantitative estimate of drug-likeness (QED) is 0.452. The highest BCUT2D eigenvalue weighted by atomic mass is 16.6. The number of nitro groups is 1. The minimum absolute atomic E-state index is 0.0891. The Morgan fingerprint density at radius 1 is 1.29 bits per heavy atom. The Morgan fingerprint density at radius 2 is 2.07 bits per heavy atom. The molecule has 0 aliphatic heterocycles. The lowest BCUT2D eigenvalue weighted by Crippen LogP contribution is -2.37. The van der Waals surface area contributed by atoms with E-state index in [0.717, 1.165) is 29.4 Å². The van der Waals surface area contributed by atoms with Gasteiger partial charge in [-0.2, -0.15) is 10.1 Å². The number of hydrogen-bond acceptors (Lipinski definition) is 8. The molecule has 0 spiro atoms. The molecule has 10 nitrogen and oxygen atoms in total. The number of H-pyrrole nitrogens is 1. The number of rotatable bonds is 5. The molecule has 2 heterocycles. The highest BCUT2D eigenvalue weighted by Crippen LogP contribution is 2.32. The molecule has 3 aromatic rings. The van der Waals surface area contributed by atoms with Gasteiger partial charge >= 0.3 is 5.69 Å². The summed E-state index contributed by atoms with van der Waals surface area (Å²) in [5, 5.41) is 32.2. The molecule has 3 N–H and O–H groups in total. The van der Waals surface area contributed by atoms with Crippen molar-refractivity contribution in [3.8, 4) is 0 Å². The number of nitrogens with one attached hydrogen (secondary N) is 2. The molecule has 4 rings (SSSR count). The van der Waals surface area contributed by atoms with Crippen LogP contribution in [0.5, 0.6) is 0 Å². The van der Waals surface area contributed by atoms with E-state index < -0.39 is 4.92 Å². The van der Waals surface area contributed by atoms with Gasteiger partial charge in [-0.3, -0.25) is 15.2 Å². The van der Waals surface area contributed by atoms with Crippen molar-refractivity contribution >= 4 is 34.0 Å². The maximum Gasteiger partial charge on any atom is 0.329 e. The average Bonchev–Trinajstić information content (AvgIpc) is 3.15. The van der Waals surface area contributed by atoms with Crippen molar-refractivity contribution < 1.29 is 10.0 Å². The van der Waals surface area contributed by atoms with Crippen LogP contribution in [0.4, 0.5) is 23.1 Å². The monoisotopic (exact) mass is 383 g/mol. The molecule has 0 bridgehead atoms. The number of hydrogen-bond donors (Lipinski definition) is 3. The van der Waals surface area contributed by atoms with Crippen LogP contribution >= 0.6 is 0 Å². The van der Waals surface area contributed by atoms with Crippen LogP contribution in [0.15, 0.2) is 30.6 Å². The first-order chi connectivity index (χ1) is 13.5. The summed E-state index contributed by atoms with van der Waals surface area (Å²) in [7, 11) is 1.80. The Balaban J connectivity index is 1.62. The zero-order chi connectivity index (χ0) is 19.7. The lowest BCUT2D eigenvalue weighted by Gasteiger charge is -2.33. The molecule has 0 unspecified atom stereocenters. The second-order valence-corrected chi connectivity index (χ2v) is 7.03. The molecular weight excluding hydrogens is 362 g/mol. The first-order valence-corrected chi connectivity index (χ1v) is 9.14. The fraction of sp³-hybridized carbons (Fsp3) is 0.389. The Kier molecular flexibility index (Phi) is 4.78. The zero-order valence-corrected chi connectivity index (χ0v) is 15.4. The predicted octanol–water partition coefficient (Wildman–Crippen LogP) is 2.74. The number of aromatic amines is 1. The standard InChI is InChI=1S/C18H21N7O3/c1-24(13-4-6-14(26)7-5-13)17-16(25(27)28)10-19-18(22-17)21-12-3-2-11-9-20-23-15(11)8-12/h2-3,8-10,13-14,26H,4-7H2,1H3,(H,20,23)(H,19,21,22)/t13-,14-. The van der Waals surface area contributed by atoms with E-state index in [9.17, 15) is 15.2 Å². The van der Waals surface area contributed by atoms with Gasteiger partial charge in [-0.25, -0.2) is 4.98 Å². The van der Waals surface area contributed by atoms with E-state index in [1.54, 1.807) is 13.2 Å². The van der Waals surface area contributed by atoms with Crippen LogP contribution in [0.3, 0.4) is 0 Å². The summed E-state index contributed by atoms with van der Waals surface area (Å²) in [6.45, 7) is 0. The third-order valence-corrected chi connectivity index (χ3v) is 5.19. The largest absolute Gasteiger partial charge is 0.393 e. The van der Waals surface area contributed by atoms with Crippen LogP contribution in [0, 0.1) is 10.1 Å². The zero-order valence-electron chi connectivity index (χ0n) is 15.4. The number of fused-ring (bicyclic) bond motifs is 1. The molecule has 10 heteroatoms. The van der Waals surface area contributed by atoms with Gasteiger partial charge in [-0.15, -0.1) is 0 Å². The van der Waals surface area contributed by atoms with Gasteiger partial charge in [0.15, 0.2) is 0 Å². The Morgan fingerprint density at radius 3 is 2.82 bits per heavy atom. The third kappa shape index (κ3) is 3.58. The van der Waals surface area contributed by atoms with Crippen molar-refractivity contribution in [3.63, 3.8) is 0 Å². The molecule has 0 atom stereocenters. The summed E-state index contributed by atoms with van der Waals surface area (Å²) < 4.78 is 0. The van der Waals surface area contributed by atoms with Crippen LogP contribution in [-0.2, 0) is 0 Å². The highest BCUT2D eigenvalue weighted by molar-refractivity contribution is 5.82. The Bertz CT molecular complexity index is 998. The number of aliphatic hydroxyl groups excluding tert-OH is 1. The number of nitrogens with zero attached hydrogens (tertiary/aromatic N) is 5. The van der Waals surface area contributed by atoms with Gasteiger partial charge in [0.05, 0.1) is 22.7 Å². The summed E-state index contributed by atoms with van der Waals surface area (Å²) in [5.41, 5.74) is 1.48. The number of benzene rings is 1. The van der Waals surface area contributed by atoms with Crippen molar-refractivity contribution in [1.82, 2.24) is 20.2 Å². The van der Waals surface area contributed by atoms with Gasteiger partial charge < -0.3 is 15.3 Å². The maximum absolute atomic E-state index is 11.5. The van der Waals surface area contributed by atoms with Crippen LogP contribution in [0.1, 0.15) is 25.7 Å². The van der Waals surface area contributed by atoms with E-state index >= 15 is 0 Å². The van der Waals surface area contributed by atoms with Crippen molar-refractivity contribution in [2.45, 2.75) is 37.8 Å². The number of anilines is 3. The van der Waals surface area contributed by atoms with Crippen LogP contribution < -0.4 is 10.2 Å². The smallest absolute Gasteiger partial charge is 0.329 e.